The van der Waals surface area contributed by atoms with Gasteiger partial charge in [0, 0.05) is 45.0 Å². The van der Waals surface area contributed by atoms with Crippen molar-refractivity contribution in [3.63, 3.8) is 0 Å². The van der Waals surface area contributed by atoms with Gasteiger partial charge in [-0.2, -0.15) is 0 Å². The number of carbonyl (C=O) groups excluding carboxylic acids is 1. The third-order valence-electron chi connectivity index (χ3n) is 4.05. The first-order chi connectivity index (χ1) is 12.1. The van der Waals surface area contributed by atoms with Crippen LogP contribution in [0.1, 0.15) is 31.0 Å². The average molecular weight is 344 g/mol. The van der Waals surface area contributed by atoms with E-state index in [1.807, 2.05) is 44.4 Å². The maximum absolute atomic E-state index is 11.5. The fourth-order valence-electron chi connectivity index (χ4n) is 2.73. The molecule has 2 rings (SSSR count). The molecule has 0 amide bonds. The van der Waals surface area contributed by atoms with E-state index >= 15 is 0 Å². The number of aromatic nitrogens is 1. The molecule has 25 heavy (non-hydrogen) atoms. The van der Waals surface area contributed by atoms with Crippen molar-refractivity contribution in [3.05, 3.63) is 59.9 Å². The predicted molar refractivity (Wildman–Crippen MR) is 97.8 cm³/mol. The zero-order valence-corrected chi connectivity index (χ0v) is 15.1. The number of esters is 1. The van der Waals surface area contributed by atoms with Gasteiger partial charge in [-0.15, -0.1) is 0 Å². The van der Waals surface area contributed by atoms with Crippen molar-refractivity contribution in [3.8, 4) is 0 Å². The summed E-state index contributed by atoms with van der Waals surface area (Å²) >= 11 is 0. The second-order valence-electron chi connectivity index (χ2n) is 6.35. The highest BCUT2D eigenvalue weighted by Crippen LogP contribution is 2.11. The van der Waals surface area contributed by atoms with E-state index in [9.17, 15) is 9.90 Å². The Morgan fingerprint density at radius 2 is 1.96 bits per heavy atom. The van der Waals surface area contributed by atoms with Gasteiger partial charge in [-0.1, -0.05) is 37.3 Å². The highest BCUT2D eigenvalue weighted by molar-refractivity contribution is 5.69. The number of benzene rings is 1. The van der Waals surface area contributed by atoms with Crippen LogP contribution >= 0.6 is 0 Å². The molecule has 0 aliphatic rings. The van der Waals surface area contributed by atoms with E-state index in [0.717, 1.165) is 19.5 Å². The van der Waals surface area contributed by atoms with Crippen LogP contribution in [0.5, 0.6) is 0 Å². The van der Waals surface area contributed by atoms with Crippen LogP contribution in [0, 0.1) is 0 Å². The summed E-state index contributed by atoms with van der Waals surface area (Å²) in [5.74, 6) is -0.251. The van der Waals surface area contributed by atoms with Crippen LogP contribution in [0.25, 0.3) is 0 Å². The van der Waals surface area contributed by atoms with E-state index in [0.29, 0.717) is 13.0 Å². The lowest BCUT2D eigenvalue weighted by atomic mass is 10.2. The molecule has 0 saturated heterocycles. The van der Waals surface area contributed by atoms with E-state index < -0.39 is 6.10 Å². The molecule has 136 valence electrons. The minimum absolute atomic E-state index is 0.0389. The second-order valence-corrected chi connectivity index (χ2v) is 6.35. The van der Waals surface area contributed by atoms with Gasteiger partial charge in [-0.3, -0.25) is 9.69 Å². The van der Waals surface area contributed by atoms with E-state index in [1.54, 1.807) is 0 Å². The Morgan fingerprint density at radius 3 is 2.60 bits per heavy atom. The molecule has 0 saturated carbocycles. The molecule has 1 N–H and O–H groups in total. The number of nitrogens with zero attached hydrogens (tertiary/aromatic N) is 2. The monoisotopic (exact) mass is 344 g/mol. The van der Waals surface area contributed by atoms with Crippen molar-refractivity contribution in [1.82, 2.24) is 9.47 Å². The SMILES string of the molecule is CCCC(=O)OC[C@H](O)CN(Cc1ccccc1)Cc1cccn1C. The summed E-state index contributed by atoms with van der Waals surface area (Å²) in [5.41, 5.74) is 2.36. The molecule has 2 aromatic rings. The molecule has 1 aromatic heterocycles. The first kappa shape index (κ1) is 19.2. The molecule has 0 fully saturated rings. The molecule has 0 unspecified atom stereocenters. The zero-order valence-electron chi connectivity index (χ0n) is 15.1. The minimum atomic E-state index is -0.704. The molecular weight excluding hydrogens is 316 g/mol. The Bertz CT molecular complexity index is 639. The number of rotatable bonds is 10. The molecule has 0 bridgehead atoms. The van der Waals surface area contributed by atoms with Crippen molar-refractivity contribution in [2.75, 3.05) is 13.2 Å². The van der Waals surface area contributed by atoms with Gasteiger partial charge in [0.25, 0.3) is 0 Å². The fourth-order valence-corrected chi connectivity index (χ4v) is 2.73. The lowest BCUT2D eigenvalue weighted by Gasteiger charge is -2.25. The number of aliphatic hydroxyl groups excluding tert-OH is 1. The summed E-state index contributed by atoms with van der Waals surface area (Å²) in [6.45, 7) is 3.86. The number of ether oxygens (including phenoxy) is 1. The number of aryl methyl sites for hydroxylation is 1. The maximum Gasteiger partial charge on any atom is 0.305 e. The van der Waals surface area contributed by atoms with Crippen LogP contribution < -0.4 is 0 Å². The normalized spacial score (nSPS) is 12.3. The Labute approximate surface area is 149 Å². The average Bonchev–Trinajstić information content (AvgIpc) is 2.99. The van der Waals surface area contributed by atoms with E-state index in [2.05, 4.69) is 27.7 Å². The summed E-state index contributed by atoms with van der Waals surface area (Å²) in [7, 11) is 2.01. The highest BCUT2D eigenvalue weighted by atomic mass is 16.5. The fraction of sp³-hybridized carbons (Fsp3) is 0.450. The van der Waals surface area contributed by atoms with Crippen LogP contribution in [0.15, 0.2) is 48.7 Å². The van der Waals surface area contributed by atoms with Crippen LogP contribution in [-0.4, -0.2) is 39.8 Å². The third kappa shape index (κ3) is 6.72. The second kappa shape index (κ2) is 10.0. The predicted octanol–water partition coefficient (Wildman–Crippen LogP) is 2.73. The third-order valence-corrected chi connectivity index (χ3v) is 4.05. The van der Waals surface area contributed by atoms with Gasteiger partial charge in [0.1, 0.15) is 12.7 Å². The Kier molecular flexibility index (Phi) is 7.70. The summed E-state index contributed by atoms with van der Waals surface area (Å²) < 4.78 is 7.21. The highest BCUT2D eigenvalue weighted by Gasteiger charge is 2.16. The molecule has 0 spiro atoms. The van der Waals surface area contributed by atoms with Gasteiger partial charge in [0.2, 0.25) is 0 Å². The van der Waals surface area contributed by atoms with Crippen LogP contribution in [0.3, 0.4) is 0 Å². The largest absolute Gasteiger partial charge is 0.463 e. The topological polar surface area (TPSA) is 54.7 Å². The first-order valence-corrected chi connectivity index (χ1v) is 8.78. The van der Waals surface area contributed by atoms with Gasteiger partial charge in [-0.25, -0.2) is 0 Å². The summed E-state index contributed by atoms with van der Waals surface area (Å²) in [4.78, 5) is 13.6. The Hall–Kier alpha value is -2.11. The van der Waals surface area contributed by atoms with Gasteiger partial charge >= 0.3 is 5.97 Å². The van der Waals surface area contributed by atoms with Gasteiger partial charge in [0.15, 0.2) is 0 Å². The van der Waals surface area contributed by atoms with Gasteiger partial charge in [0.05, 0.1) is 0 Å². The minimum Gasteiger partial charge on any atom is -0.463 e. The summed E-state index contributed by atoms with van der Waals surface area (Å²) in [6, 6.07) is 14.3. The Balaban J connectivity index is 1.96. The molecule has 1 heterocycles. The van der Waals surface area contributed by atoms with Crippen LogP contribution in [0.2, 0.25) is 0 Å². The molecule has 1 aromatic carbocycles. The summed E-state index contributed by atoms with van der Waals surface area (Å²) in [6.07, 6.45) is 2.45. The molecule has 0 aliphatic carbocycles. The van der Waals surface area contributed by atoms with Crippen LogP contribution in [-0.2, 0) is 29.7 Å². The number of hydrogen-bond donors (Lipinski definition) is 1. The molecule has 5 nitrogen and oxygen atoms in total. The van der Waals surface area contributed by atoms with Crippen molar-refractivity contribution in [2.45, 2.75) is 39.0 Å². The maximum atomic E-state index is 11.5. The van der Waals surface area contributed by atoms with Crippen molar-refractivity contribution in [1.29, 1.82) is 0 Å². The van der Waals surface area contributed by atoms with Crippen molar-refractivity contribution in [2.24, 2.45) is 7.05 Å². The van der Waals surface area contributed by atoms with Crippen molar-refractivity contribution < 1.29 is 14.6 Å². The lowest BCUT2D eigenvalue weighted by molar-refractivity contribution is -0.147. The number of hydrogen-bond acceptors (Lipinski definition) is 4. The lowest BCUT2D eigenvalue weighted by Crippen LogP contribution is -2.35. The smallest absolute Gasteiger partial charge is 0.305 e. The van der Waals surface area contributed by atoms with E-state index in [-0.39, 0.29) is 12.6 Å². The van der Waals surface area contributed by atoms with E-state index in [1.165, 1.54) is 11.3 Å². The van der Waals surface area contributed by atoms with Gasteiger partial charge < -0.3 is 14.4 Å². The Morgan fingerprint density at radius 1 is 1.20 bits per heavy atom. The zero-order chi connectivity index (χ0) is 18.1. The quantitative estimate of drug-likeness (QED) is 0.674. The van der Waals surface area contributed by atoms with E-state index in [4.69, 9.17) is 4.74 Å². The standard InChI is InChI=1S/C20H28N2O3/c1-3-8-20(24)25-16-19(23)15-22(13-17-9-5-4-6-10-17)14-18-11-7-12-21(18)2/h4-7,9-12,19,23H,3,8,13-16H2,1-2H3/t19-/m1/s1. The summed E-state index contributed by atoms with van der Waals surface area (Å²) in [5, 5.41) is 10.3. The molecule has 1 atom stereocenters. The van der Waals surface area contributed by atoms with Gasteiger partial charge in [-0.05, 0) is 24.1 Å². The molecule has 0 radical (unpaired) electrons. The molecule has 0 aliphatic heterocycles. The number of carbonyl (C=O) groups is 1. The number of aliphatic hydroxyl groups is 1. The van der Waals surface area contributed by atoms with Crippen molar-refractivity contribution >= 4 is 5.97 Å². The first-order valence-electron chi connectivity index (χ1n) is 8.78. The molecular formula is C20H28N2O3. The van der Waals surface area contributed by atoms with Crippen LogP contribution in [0.4, 0.5) is 0 Å². The molecule has 5 heteroatoms.